The molecule has 1 amide bonds. The number of carbonyl (C=O) groups is 2. The zero-order valence-electron chi connectivity index (χ0n) is 18.2. The topological polar surface area (TPSA) is 80.0 Å². The summed E-state index contributed by atoms with van der Waals surface area (Å²) in [7, 11) is 0. The highest BCUT2D eigenvalue weighted by atomic mass is 16.6. The third kappa shape index (κ3) is 8.58. The molecule has 0 aromatic carbocycles. The molecule has 1 saturated carbocycles. The lowest BCUT2D eigenvalue weighted by Gasteiger charge is -2.28. The van der Waals surface area contributed by atoms with Gasteiger partial charge in [-0.1, -0.05) is 27.7 Å². The Morgan fingerprint density at radius 1 is 1.11 bits per heavy atom. The molecule has 0 aromatic heterocycles. The molecule has 2 unspecified atom stereocenters. The molecule has 0 bridgehead atoms. The maximum Gasteiger partial charge on any atom is 0.220 e. The van der Waals surface area contributed by atoms with Gasteiger partial charge < -0.3 is 14.8 Å². The number of Topliss-reactive ketones (excluding diaryl/α,β-unsaturated/α-hetero) is 1. The van der Waals surface area contributed by atoms with Crippen molar-refractivity contribution in [2.75, 3.05) is 19.8 Å². The fraction of sp³-hybridized carbons (Fsp3) is 0.909. The summed E-state index contributed by atoms with van der Waals surface area (Å²) >= 11 is 0. The largest absolute Gasteiger partial charge is 0.380 e. The van der Waals surface area contributed by atoms with Crippen molar-refractivity contribution in [3.8, 4) is 0 Å². The van der Waals surface area contributed by atoms with Gasteiger partial charge in [-0.05, 0) is 38.0 Å². The van der Waals surface area contributed by atoms with E-state index in [0.29, 0.717) is 43.9 Å². The highest BCUT2D eigenvalue weighted by Gasteiger charge is 2.40. The average molecular weight is 401 g/mol. The second-order valence-electron chi connectivity index (χ2n) is 9.05. The van der Waals surface area contributed by atoms with E-state index in [-0.39, 0.29) is 32.9 Å². The van der Waals surface area contributed by atoms with Crippen molar-refractivity contribution in [2.45, 2.75) is 91.0 Å². The Hall–Kier alpha value is -0.980. The Labute approximate surface area is 173 Å². The molecule has 28 heavy (non-hydrogen) atoms. The van der Waals surface area contributed by atoms with Crippen LogP contribution in [0.5, 0.6) is 0 Å². The first-order valence-corrected chi connectivity index (χ1v) is 11.2. The zero-order valence-corrected chi connectivity index (χ0v) is 18.2. The summed E-state index contributed by atoms with van der Waals surface area (Å²) in [6.45, 7) is 10.0. The van der Waals surface area contributed by atoms with Gasteiger partial charge in [-0.15, -0.1) is 0 Å². The molecule has 0 radical (unpaired) electrons. The molecule has 0 spiro atoms. The third-order valence-corrected chi connectivity index (χ3v) is 5.75. The summed E-state index contributed by atoms with van der Waals surface area (Å²) in [6, 6.07) is 0.466. The van der Waals surface area contributed by atoms with Crippen LogP contribution in [0.3, 0.4) is 0 Å². The molecule has 2 fully saturated rings. The molecule has 0 aromatic rings. The van der Waals surface area contributed by atoms with Crippen LogP contribution >= 0.6 is 0 Å². The second-order valence-corrected chi connectivity index (χ2v) is 9.05. The number of hydrogen-bond donors (Lipinski definition) is 2. The normalized spacial score (nSPS) is 27.2. The average Bonchev–Trinajstić information content (AvgIpc) is 3.40. The van der Waals surface area contributed by atoms with Crippen LogP contribution < -0.4 is 10.6 Å². The maximum atomic E-state index is 12.1. The Bertz CT molecular complexity index is 498. The van der Waals surface area contributed by atoms with Crippen molar-refractivity contribution in [1.29, 1.82) is 0 Å². The predicted octanol–water partition coefficient (Wildman–Crippen LogP) is 3.54. The molecule has 1 aliphatic carbocycles. The van der Waals surface area contributed by atoms with Crippen molar-refractivity contribution in [3.63, 3.8) is 0 Å². The molecular formula is C22H44N2O4. The molecule has 1 heterocycles. The van der Waals surface area contributed by atoms with Gasteiger partial charge in [-0.2, -0.15) is 0 Å². The number of nitrogens with one attached hydrogen (secondary N) is 2. The fourth-order valence-corrected chi connectivity index (χ4v) is 3.83. The smallest absolute Gasteiger partial charge is 0.220 e. The molecule has 6 nitrogen and oxygen atoms in total. The summed E-state index contributed by atoms with van der Waals surface area (Å²) in [5.74, 6) is 1.50. The number of ether oxygens (including phenoxy) is 2. The zero-order chi connectivity index (χ0) is 20.5. The summed E-state index contributed by atoms with van der Waals surface area (Å²) < 4.78 is 11.3. The maximum absolute atomic E-state index is 12.1. The molecule has 1 aliphatic heterocycles. The third-order valence-electron chi connectivity index (χ3n) is 5.75. The second kappa shape index (κ2) is 11.9. The van der Waals surface area contributed by atoms with Crippen LogP contribution in [0.25, 0.3) is 0 Å². The van der Waals surface area contributed by atoms with E-state index in [4.69, 9.17) is 9.47 Å². The van der Waals surface area contributed by atoms with E-state index < -0.39 is 0 Å². The molecule has 2 aliphatic rings. The van der Waals surface area contributed by atoms with Crippen molar-refractivity contribution in [2.24, 2.45) is 17.8 Å². The summed E-state index contributed by atoms with van der Waals surface area (Å²) in [4.78, 5) is 23.7. The van der Waals surface area contributed by atoms with Gasteiger partial charge >= 0.3 is 0 Å². The van der Waals surface area contributed by atoms with E-state index in [1.54, 1.807) is 0 Å². The minimum Gasteiger partial charge on any atom is -0.380 e. The quantitative estimate of drug-likeness (QED) is 0.365. The van der Waals surface area contributed by atoms with Crippen LogP contribution in [0, 0.1) is 17.8 Å². The van der Waals surface area contributed by atoms with E-state index in [2.05, 4.69) is 24.5 Å². The van der Waals surface area contributed by atoms with E-state index >= 15 is 0 Å². The van der Waals surface area contributed by atoms with Gasteiger partial charge in [0.25, 0.3) is 0 Å². The Kier molecular flexibility index (Phi) is 9.89. The lowest BCUT2D eigenvalue weighted by Crippen LogP contribution is -2.38. The van der Waals surface area contributed by atoms with Crippen LogP contribution in [-0.2, 0) is 19.1 Å². The molecule has 166 valence electrons. The first kappa shape index (κ1) is 23.3. The molecular weight excluding hydrogens is 356 g/mol. The van der Waals surface area contributed by atoms with Gasteiger partial charge in [-0.25, -0.2) is 0 Å². The van der Waals surface area contributed by atoms with Crippen LogP contribution in [0.15, 0.2) is 0 Å². The number of ketones is 1. The van der Waals surface area contributed by atoms with Crippen LogP contribution in [0.2, 0.25) is 0 Å². The van der Waals surface area contributed by atoms with Crippen molar-refractivity contribution in [3.05, 3.63) is 0 Å². The first-order valence-electron chi connectivity index (χ1n) is 11.2. The molecule has 6 heteroatoms. The Morgan fingerprint density at radius 2 is 1.82 bits per heavy atom. The monoisotopic (exact) mass is 400 g/mol. The summed E-state index contributed by atoms with van der Waals surface area (Å²) in [6.07, 6.45) is 6.88. The van der Waals surface area contributed by atoms with Crippen LogP contribution in [0.4, 0.5) is 0 Å². The molecule has 2 atom stereocenters. The standard InChI is InChI=1S/C22H40N2O4.2H2/c1-15(2)5-10-20(25)23-12-14-27-13-11-19-22(28-19)24-18-8-6-17(7-9-18)21(26)16(3)4;;/h15-19,22,24H,5-14H2,1-4H3,(H,23,25);2*1H. The van der Waals surface area contributed by atoms with Gasteiger partial charge in [0.15, 0.2) is 0 Å². The first-order chi connectivity index (χ1) is 13.4. The molecule has 1 saturated heterocycles. The molecule has 2 N–H and O–H groups in total. The Balaban J connectivity index is 0.00000420. The van der Waals surface area contributed by atoms with Crippen LogP contribution in [0.1, 0.15) is 75.5 Å². The van der Waals surface area contributed by atoms with Gasteiger partial charge in [0.2, 0.25) is 5.91 Å². The minimum absolute atomic E-state index is 0. The van der Waals surface area contributed by atoms with E-state index in [1.807, 2.05) is 13.8 Å². The van der Waals surface area contributed by atoms with Crippen molar-refractivity contribution < 1.29 is 21.9 Å². The van der Waals surface area contributed by atoms with Gasteiger partial charge in [0, 0.05) is 46.7 Å². The van der Waals surface area contributed by atoms with Gasteiger partial charge in [0.1, 0.15) is 18.1 Å². The summed E-state index contributed by atoms with van der Waals surface area (Å²) in [5, 5.41) is 6.47. The number of hydrogen-bond acceptors (Lipinski definition) is 5. The Morgan fingerprint density at radius 3 is 2.46 bits per heavy atom. The predicted molar refractivity (Wildman–Crippen MR) is 114 cm³/mol. The van der Waals surface area contributed by atoms with E-state index in [9.17, 15) is 9.59 Å². The summed E-state index contributed by atoms with van der Waals surface area (Å²) in [5.41, 5.74) is 0. The minimum atomic E-state index is 0. The highest BCUT2D eigenvalue weighted by Crippen LogP contribution is 2.30. The molecule has 2 rings (SSSR count). The van der Waals surface area contributed by atoms with Crippen LogP contribution in [-0.4, -0.2) is 49.8 Å². The van der Waals surface area contributed by atoms with Gasteiger partial charge in [0.05, 0.1) is 6.61 Å². The number of epoxide rings is 1. The lowest BCUT2D eigenvalue weighted by atomic mass is 9.80. The van der Waals surface area contributed by atoms with Crippen molar-refractivity contribution >= 4 is 11.7 Å². The van der Waals surface area contributed by atoms with Crippen molar-refractivity contribution in [1.82, 2.24) is 10.6 Å². The number of rotatable bonds is 13. The van der Waals surface area contributed by atoms with E-state index in [0.717, 1.165) is 38.5 Å². The fourth-order valence-electron chi connectivity index (χ4n) is 3.83. The van der Waals surface area contributed by atoms with Gasteiger partial charge in [-0.3, -0.25) is 14.9 Å². The van der Waals surface area contributed by atoms with E-state index in [1.165, 1.54) is 0 Å². The number of carbonyl (C=O) groups excluding carboxylic acids is 2. The SMILES string of the molecule is CC(C)CCC(=O)NCCOCCC1OC1NC1CCC(C(=O)C(C)C)CC1.[HH].[HH]. The lowest BCUT2D eigenvalue weighted by molar-refractivity contribution is -0.127. The number of amides is 1. The highest BCUT2D eigenvalue weighted by molar-refractivity contribution is 5.82.